The fourth-order valence-corrected chi connectivity index (χ4v) is 6.32. The molecule has 48 heavy (non-hydrogen) atoms. The van der Waals surface area contributed by atoms with Crippen LogP contribution in [0.4, 0.5) is 4.79 Å². The molecule has 2 aromatic carbocycles. The first-order valence-corrected chi connectivity index (χ1v) is 16.0. The molecule has 250 valence electrons. The summed E-state index contributed by atoms with van der Waals surface area (Å²) in [7, 11) is 0. The van der Waals surface area contributed by atoms with Gasteiger partial charge in [-0.1, -0.05) is 66.7 Å². The molecular formula is C35H37N5O8. The van der Waals surface area contributed by atoms with Crippen LogP contribution >= 0.6 is 0 Å². The molecular weight excluding hydrogens is 618 g/mol. The molecule has 0 saturated carbocycles. The molecule has 0 spiro atoms. The highest BCUT2D eigenvalue weighted by molar-refractivity contribution is 6.06. The van der Waals surface area contributed by atoms with Crippen LogP contribution in [0.5, 0.6) is 0 Å². The van der Waals surface area contributed by atoms with Crippen molar-refractivity contribution in [1.82, 2.24) is 25.4 Å². The van der Waals surface area contributed by atoms with Crippen molar-refractivity contribution >= 4 is 40.6 Å². The number of amides is 4. The third kappa shape index (κ3) is 7.15. The second-order valence-electron chi connectivity index (χ2n) is 11.8. The zero-order chi connectivity index (χ0) is 33.6. The first-order valence-electron chi connectivity index (χ1n) is 16.0. The summed E-state index contributed by atoms with van der Waals surface area (Å²) in [6, 6.07) is 14.8. The van der Waals surface area contributed by atoms with Crippen molar-refractivity contribution in [3.8, 4) is 0 Å². The van der Waals surface area contributed by atoms with Crippen molar-refractivity contribution in [2.24, 2.45) is 0 Å². The van der Waals surface area contributed by atoms with Crippen molar-refractivity contribution < 1.29 is 38.2 Å². The van der Waals surface area contributed by atoms with E-state index in [2.05, 4.69) is 15.6 Å². The lowest BCUT2D eigenvalue weighted by Gasteiger charge is -2.47. The van der Waals surface area contributed by atoms with Gasteiger partial charge in [-0.05, 0) is 36.8 Å². The van der Waals surface area contributed by atoms with Crippen LogP contribution in [0.3, 0.4) is 0 Å². The number of ether oxygens (including phenoxy) is 3. The summed E-state index contributed by atoms with van der Waals surface area (Å²) in [5, 5.41) is 7.14. The van der Waals surface area contributed by atoms with Crippen LogP contribution in [0, 0.1) is 0 Å². The monoisotopic (exact) mass is 655 g/mol. The van der Waals surface area contributed by atoms with Gasteiger partial charge in [0.2, 0.25) is 18.1 Å². The number of piperazine rings is 1. The summed E-state index contributed by atoms with van der Waals surface area (Å²) >= 11 is 0. The second kappa shape index (κ2) is 14.6. The van der Waals surface area contributed by atoms with Gasteiger partial charge < -0.3 is 34.6 Å². The van der Waals surface area contributed by atoms with E-state index in [9.17, 15) is 24.0 Å². The SMILES string of the molecule is CCOC1OC(=O)CC1NC(=O)[C@@H]1CN(C(=O)OCc2ccccc2)C[C@@H]2CC=CC[C@H](NC(=O)c3nccc4ccccc34)C(=O)N21. The first kappa shape index (κ1) is 32.6. The van der Waals surface area contributed by atoms with Crippen molar-refractivity contribution in [1.29, 1.82) is 0 Å². The number of hydrogen-bond acceptors (Lipinski definition) is 9. The predicted molar refractivity (Wildman–Crippen MR) is 172 cm³/mol. The summed E-state index contributed by atoms with van der Waals surface area (Å²) in [4.78, 5) is 74.6. The Morgan fingerprint density at radius 1 is 0.958 bits per heavy atom. The van der Waals surface area contributed by atoms with Crippen molar-refractivity contribution in [3.05, 3.63) is 90.3 Å². The van der Waals surface area contributed by atoms with Gasteiger partial charge in [0.25, 0.3) is 5.91 Å². The minimum atomic E-state index is -1.17. The lowest BCUT2D eigenvalue weighted by Crippen LogP contribution is -2.68. The average Bonchev–Trinajstić information content (AvgIpc) is 3.44. The first-order chi connectivity index (χ1) is 23.3. The normalized spacial score (nSPS) is 23.9. The molecule has 2 N–H and O–H groups in total. The Kier molecular flexibility index (Phi) is 9.95. The zero-order valence-corrected chi connectivity index (χ0v) is 26.4. The molecule has 3 aromatic rings. The van der Waals surface area contributed by atoms with E-state index in [1.165, 1.54) is 16.0 Å². The molecule has 3 aliphatic rings. The summed E-state index contributed by atoms with van der Waals surface area (Å²) in [5.41, 5.74) is 0.978. The van der Waals surface area contributed by atoms with Gasteiger partial charge in [-0.25, -0.2) is 4.79 Å². The number of nitrogens with zero attached hydrogens (tertiary/aromatic N) is 3. The van der Waals surface area contributed by atoms with Crippen LogP contribution in [-0.2, 0) is 35.2 Å². The minimum absolute atomic E-state index is 0.0358. The molecule has 0 radical (unpaired) electrons. The quantitative estimate of drug-likeness (QED) is 0.275. The maximum atomic E-state index is 14.4. The molecule has 0 aliphatic carbocycles. The Labute approximate surface area is 277 Å². The number of esters is 1. The number of carbonyl (C=O) groups excluding carboxylic acids is 5. The van der Waals surface area contributed by atoms with E-state index in [0.717, 1.165) is 10.9 Å². The molecule has 13 nitrogen and oxygen atoms in total. The third-order valence-electron chi connectivity index (χ3n) is 8.63. The Morgan fingerprint density at radius 2 is 1.73 bits per heavy atom. The Morgan fingerprint density at radius 3 is 2.54 bits per heavy atom. The molecule has 13 heteroatoms. The fraction of sp³-hybridized carbons (Fsp3) is 0.371. The van der Waals surface area contributed by atoms with Crippen LogP contribution in [0.25, 0.3) is 10.8 Å². The molecule has 4 heterocycles. The highest BCUT2D eigenvalue weighted by Crippen LogP contribution is 2.26. The average molecular weight is 656 g/mol. The topological polar surface area (TPSA) is 156 Å². The summed E-state index contributed by atoms with van der Waals surface area (Å²) in [5.74, 6) is -2.12. The molecule has 2 fully saturated rings. The van der Waals surface area contributed by atoms with E-state index in [4.69, 9.17) is 14.2 Å². The molecule has 6 rings (SSSR count). The predicted octanol–water partition coefficient (Wildman–Crippen LogP) is 2.70. The van der Waals surface area contributed by atoms with Crippen molar-refractivity contribution in [3.63, 3.8) is 0 Å². The second-order valence-corrected chi connectivity index (χ2v) is 11.8. The van der Waals surface area contributed by atoms with Gasteiger partial charge in [-0.2, -0.15) is 0 Å². The molecule has 2 unspecified atom stereocenters. The summed E-state index contributed by atoms with van der Waals surface area (Å²) < 4.78 is 16.3. The lowest BCUT2D eigenvalue weighted by molar-refractivity contribution is -0.165. The van der Waals surface area contributed by atoms with Gasteiger partial charge in [0, 0.05) is 24.7 Å². The number of cyclic esters (lactones) is 1. The highest BCUT2D eigenvalue weighted by Gasteiger charge is 2.47. The van der Waals surface area contributed by atoms with E-state index >= 15 is 0 Å². The van der Waals surface area contributed by atoms with Crippen LogP contribution < -0.4 is 10.6 Å². The zero-order valence-electron chi connectivity index (χ0n) is 26.4. The maximum Gasteiger partial charge on any atom is 0.410 e. The maximum absolute atomic E-state index is 14.4. The number of carbonyl (C=O) groups is 5. The minimum Gasteiger partial charge on any atom is -0.445 e. The number of fused-ring (bicyclic) bond motifs is 2. The smallest absolute Gasteiger partial charge is 0.410 e. The Hall–Kier alpha value is -5.30. The highest BCUT2D eigenvalue weighted by atomic mass is 16.7. The molecule has 1 aromatic heterocycles. The van der Waals surface area contributed by atoms with E-state index < -0.39 is 60.2 Å². The van der Waals surface area contributed by atoms with Crippen LogP contribution in [0.1, 0.15) is 42.2 Å². The summed E-state index contributed by atoms with van der Waals surface area (Å²) in [6.07, 6.45) is 4.05. The van der Waals surface area contributed by atoms with E-state index in [1.807, 2.05) is 60.7 Å². The van der Waals surface area contributed by atoms with Crippen molar-refractivity contribution in [2.75, 3.05) is 19.7 Å². The van der Waals surface area contributed by atoms with E-state index in [0.29, 0.717) is 11.8 Å². The van der Waals surface area contributed by atoms with Crippen molar-refractivity contribution in [2.45, 2.75) is 63.3 Å². The van der Waals surface area contributed by atoms with Gasteiger partial charge in [-0.3, -0.25) is 24.2 Å². The number of benzene rings is 2. The molecule has 0 bridgehead atoms. The van der Waals surface area contributed by atoms with Gasteiger partial charge in [0.15, 0.2) is 0 Å². The lowest BCUT2D eigenvalue weighted by atomic mass is 9.96. The van der Waals surface area contributed by atoms with Crippen LogP contribution in [-0.4, -0.2) is 94.7 Å². The number of rotatable bonds is 8. The largest absolute Gasteiger partial charge is 0.445 e. The van der Waals surface area contributed by atoms with Gasteiger partial charge in [-0.15, -0.1) is 0 Å². The Balaban J connectivity index is 1.26. The van der Waals surface area contributed by atoms with Gasteiger partial charge >= 0.3 is 12.1 Å². The van der Waals surface area contributed by atoms with Gasteiger partial charge in [0.1, 0.15) is 30.4 Å². The molecule has 4 amide bonds. The van der Waals surface area contributed by atoms with E-state index in [1.54, 1.807) is 19.1 Å². The summed E-state index contributed by atoms with van der Waals surface area (Å²) in [6.45, 7) is 1.96. The number of pyridine rings is 1. The fourth-order valence-electron chi connectivity index (χ4n) is 6.32. The number of hydrogen-bond donors (Lipinski definition) is 2. The van der Waals surface area contributed by atoms with Crippen LogP contribution in [0.2, 0.25) is 0 Å². The molecule has 3 aliphatic heterocycles. The van der Waals surface area contributed by atoms with E-state index in [-0.39, 0.29) is 44.8 Å². The number of nitrogens with one attached hydrogen (secondary N) is 2. The molecule has 5 atom stereocenters. The Bertz CT molecular complexity index is 1710. The molecule has 2 saturated heterocycles. The van der Waals surface area contributed by atoms with Crippen LogP contribution in [0.15, 0.2) is 79.0 Å². The number of aromatic nitrogens is 1. The third-order valence-corrected chi connectivity index (χ3v) is 8.63. The standard InChI is InChI=1S/C35H37N5O8/c1-2-46-34-27(18-29(41)48-34)38-31(42)28-20-39(35(45)47-21-22-10-4-3-5-11-22)19-24-13-7-9-15-26(33(44)40(24)28)37-32(43)30-25-14-8-6-12-23(25)16-17-36-30/h3-12,14,16-17,24,26-28,34H,2,13,15,18-21H2,1H3,(H,37,43)(H,38,42)/t24-,26-,27?,28-,34?/m0/s1. The van der Waals surface area contributed by atoms with Gasteiger partial charge in [0.05, 0.1) is 19.0 Å².